The van der Waals surface area contributed by atoms with Crippen molar-refractivity contribution >= 4 is 11.7 Å². The standard InChI is InChI=1S/C15H16F3NO2/c16-15(17,18)12-7-10(5-6-11(12)14(20)21)19-13(8-1-2-8)9-3-4-9/h5-9,13,19H,1-4H2,(H,20,21). The third-order valence-electron chi connectivity index (χ3n) is 4.15. The minimum atomic E-state index is -4.67. The summed E-state index contributed by atoms with van der Waals surface area (Å²) in [6.07, 6.45) is -0.192. The van der Waals surface area contributed by atoms with Gasteiger partial charge in [0.1, 0.15) is 0 Å². The van der Waals surface area contributed by atoms with Gasteiger partial charge in [-0.05, 0) is 55.7 Å². The fourth-order valence-corrected chi connectivity index (χ4v) is 2.78. The largest absolute Gasteiger partial charge is 0.478 e. The Labute approximate surface area is 120 Å². The van der Waals surface area contributed by atoms with Gasteiger partial charge in [0.25, 0.3) is 0 Å². The topological polar surface area (TPSA) is 49.3 Å². The number of alkyl halides is 3. The summed E-state index contributed by atoms with van der Waals surface area (Å²) < 4.78 is 38.9. The summed E-state index contributed by atoms with van der Waals surface area (Å²) >= 11 is 0. The molecular weight excluding hydrogens is 283 g/mol. The van der Waals surface area contributed by atoms with E-state index in [-0.39, 0.29) is 6.04 Å². The SMILES string of the molecule is O=C(O)c1ccc(NC(C2CC2)C2CC2)cc1C(F)(F)F. The molecule has 0 saturated heterocycles. The van der Waals surface area contributed by atoms with Crippen molar-refractivity contribution < 1.29 is 23.1 Å². The molecule has 6 heteroatoms. The van der Waals surface area contributed by atoms with E-state index in [1.807, 2.05) is 0 Å². The highest BCUT2D eigenvalue weighted by Crippen LogP contribution is 2.46. The summed E-state index contributed by atoms with van der Waals surface area (Å²) in [5.41, 5.74) is -1.44. The van der Waals surface area contributed by atoms with Gasteiger partial charge >= 0.3 is 12.1 Å². The molecule has 21 heavy (non-hydrogen) atoms. The quantitative estimate of drug-likeness (QED) is 0.864. The Kier molecular flexibility index (Phi) is 3.34. The second-order valence-electron chi connectivity index (χ2n) is 5.91. The maximum absolute atomic E-state index is 13.0. The zero-order valence-electron chi connectivity index (χ0n) is 11.3. The third-order valence-corrected chi connectivity index (χ3v) is 4.15. The Morgan fingerprint density at radius 2 is 1.76 bits per heavy atom. The number of carboxylic acids is 1. The van der Waals surface area contributed by atoms with Crippen molar-refractivity contribution in [2.75, 3.05) is 5.32 Å². The molecule has 0 radical (unpaired) electrons. The molecule has 114 valence electrons. The molecule has 1 aromatic rings. The van der Waals surface area contributed by atoms with Crippen LogP contribution in [0.25, 0.3) is 0 Å². The van der Waals surface area contributed by atoms with Crippen LogP contribution in [-0.2, 0) is 6.18 Å². The molecule has 0 aromatic heterocycles. The lowest BCUT2D eigenvalue weighted by Crippen LogP contribution is -2.24. The number of carbonyl (C=O) groups is 1. The first-order chi connectivity index (χ1) is 9.86. The average molecular weight is 299 g/mol. The van der Waals surface area contributed by atoms with Gasteiger partial charge in [-0.15, -0.1) is 0 Å². The Bertz CT molecular complexity index is 551. The van der Waals surface area contributed by atoms with Crippen molar-refractivity contribution in [3.63, 3.8) is 0 Å². The number of rotatable bonds is 5. The number of benzene rings is 1. The van der Waals surface area contributed by atoms with Gasteiger partial charge in [0.05, 0.1) is 11.1 Å². The molecule has 0 spiro atoms. The molecule has 3 nitrogen and oxygen atoms in total. The van der Waals surface area contributed by atoms with Crippen LogP contribution < -0.4 is 5.32 Å². The molecule has 2 fully saturated rings. The van der Waals surface area contributed by atoms with Crippen molar-refractivity contribution in [3.05, 3.63) is 29.3 Å². The Hall–Kier alpha value is -1.72. The molecule has 0 aliphatic heterocycles. The van der Waals surface area contributed by atoms with Crippen LogP contribution in [0.3, 0.4) is 0 Å². The van der Waals surface area contributed by atoms with Crippen molar-refractivity contribution in [2.24, 2.45) is 11.8 Å². The predicted molar refractivity (Wildman–Crippen MR) is 71.3 cm³/mol. The van der Waals surface area contributed by atoms with Gasteiger partial charge in [0, 0.05) is 11.7 Å². The summed E-state index contributed by atoms with van der Waals surface area (Å²) in [5.74, 6) is -0.466. The number of aromatic carboxylic acids is 1. The van der Waals surface area contributed by atoms with E-state index < -0.39 is 23.3 Å². The molecule has 2 aliphatic rings. The van der Waals surface area contributed by atoms with E-state index in [9.17, 15) is 18.0 Å². The van der Waals surface area contributed by atoms with Gasteiger partial charge in [0.2, 0.25) is 0 Å². The fourth-order valence-electron chi connectivity index (χ4n) is 2.78. The molecule has 3 rings (SSSR count). The fraction of sp³-hybridized carbons (Fsp3) is 0.533. The molecule has 2 saturated carbocycles. The second-order valence-corrected chi connectivity index (χ2v) is 5.91. The van der Waals surface area contributed by atoms with Gasteiger partial charge in [-0.1, -0.05) is 0 Å². The lowest BCUT2D eigenvalue weighted by atomic mass is 10.0. The van der Waals surface area contributed by atoms with Gasteiger partial charge < -0.3 is 10.4 Å². The van der Waals surface area contributed by atoms with E-state index in [1.54, 1.807) is 0 Å². The monoisotopic (exact) mass is 299 g/mol. The van der Waals surface area contributed by atoms with E-state index in [1.165, 1.54) is 6.07 Å². The highest BCUT2D eigenvalue weighted by atomic mass is 19.4. The minimum absolute atomic E-state index is 0.224. The third kappa shape index (κ3) is 3.14. The normalized spacial score (nSPS) is 18.9. The van der Waals surface area contributed by atoms with E-state index in [0.717, 1.165) is 37.8 Å². The van der Waals surface area contributed by atoms with Crippen LogP contribution in [0, 0.1) is 11.8 Å². The molecule has 0 atom stereocenters. The van der Waals surface area contributed by atoms with Crippen LogP contribution in [0.4, 0.5) is 18.9 Å². The number of anilines is 1. The minimum Gasteiger partial charge on any atom is -0.478 e. The highest BCUT2D eigenvalue weighted by Gasteiger charge is 2.42. The first-order valence-corrected chi connectivity index (χ1v) is 7.07. The van der Waals surface area contributed by atoms with Crippen molar-refractivity contribution in [1.82, 2.24) is 0 Å². The Morgan fingerprint density at radius 1 is 1.19 bits per heavy atom. The van der Waals surface area contributed by atoms with E-state index in [4.69, 9.17) is 5.11 Å². The molecule has 0 amide bonds. The van der Waals surface area contributed by atoms with Crippen molar-refractivity contribution in [2.45, 2.75) is 37.9 Å². The first-order valence-electron chi connectivity index (χ1n) is 7.07. The Morgan fingerprint density at radius 3 is 2.19 bits per heavy atom. The number of hydrogen-bond donors (Lipinski definition) is 2. The van der Waals surface area contributed by atoms with E-state index >= 15 is 0 Å². The molecule has 1 aromatic carbocycles. The maximum atomic E-state index is 13.0. The summed E-state index contributed by atoms with van der Waals surface area (Å²) in [7, 11) is 0. The van der Waals surface area contributed by atoms with Gasteiger partial charge in [-0.2, -0.15) is 13.2 Å². The van der Waals surface area contributed by atoms with Crippen LogP contribution in [0.5, 0.6) is 0 Å². The summed E-state index contributed by atoms with van der Waals surface area (Å²) in [4.78, 5) is 10.9. The van der Waals surface area contributed by atoms with Gasteiger partial charge in [-0.25, -0.2) is 4.79 Å². The van der Waals surface area contributed by atoms with Gasteiger partial charge in [0.15, 0.2) is 0 Å². The zero-order chi connectivity index (χ0) is 15.2. The van der Waals surface area contributed by atoms with Gasteiger partial charge in [-0.3, -0.25) is 0 Å². The first kappa shape index (κ1) is 14.2. The summed E-state index contributed by atoms with van der Waals surface area (Å²) in [6, 6.07) is 3.60. The highest BCUT2D eigenvalue weighted by molar-refractivity contribution is 5.90. The number of hydrogen-bond acceptors (Lipinski definition) is 2. The molecule has 2 N–H and O–H groups in total. The van der Waals surface area contributed by atoms with E-state index in [2.05, 4.69) is 5.32 Å². The van der Waals surface area contributed by atoms with Crippen LogP contribution >= 0.6 is 0 Å². The van der Waals surface area contributed by atoms with Crippen molar-refractivity contribution in [1.29, 1.82) is 0 Å². The summed E-state index contributed by atoms with van der Waals surface area (Å²) in [5, 5.41) is 12.1. The number of carboxylic acid groups (broad SMARTS) is 1. The number of halogens is 3. The molecule has 0 heterocycles. The van der Waals surface area contributed by atoms with Crippen LogP contribution in [0.1, 0.15) is 41.6 Å². The second kappa shape index (κ2) is 4.93. The lowest BCUT2D eigenvalue weighted by Gasteiger charge is -2.20. The molecule has 0 bridgehead atoms. The zero-order valence-corrected chi connectivity index (χ0v) is 11.3. The lowest BCUT2D eigenvalue weighted by molar-refractivity contribution is -0.138. The predicted octanol–water partition coefficient (Wildman–Crippen LogP) is 4.00. The molecule has 2 aliphatic carbocycles. The van der Waals surface area contributed by atoms with Crippen molar-refractivity contribution in [3.8, 4) is 0 Å². The van der Waals surface area contributed by atoms with Crippen LogP contribution in [0.2, 0.25) is 0 Å². The number of nitrogens with one attached hydrogen (secondary N) is 1. The Balaban J connectivity index is 1.87. The van der Waals surface area contributed by atoms with Crippen LogP contribution in [-0.4, -0.2) is 17.1 Å². The molecular formula is C15H16F3NO2. The van der Waals surface area contributed by atoms with E-state index in [0.29, 0.717) is 17.5 Å². The average Bonchev–Trinajstić information content (AvgIpc) is 3.27. The molecule has 0 unspecified atom stereocenters. The smallest absolute Gasteiger partial charge is 0.417 e. The maximum Gasteiger partial charge on any atom is 0.417 e. The van der Waals surface area contributed by atoms with Crippen LogP contribution in [0.15, 0.2) is 18.2 Å². The summed E-state index contributed by atoms with van der Waals surface area (Å²) in [6.45, 7) is 0.